The predicted molar refractivity (Wildman–Crippen MR) is 91.9 cm³/mol. The van der Waals surface area contributed by atoms with Gasteiger partial charge in [-0.15, -0.1) is 0 Å². The lowest BCUT2D eigenvalue weighted by Crippen LogP contribution is -2.45. The molecule has 0 aromatic heterocycles. The van der Waals surface area contributed by atoms with E-state index in [1.54, 1.807) is 0 Å². The van der Waals surface area contributed by atoms with Gasteiger partial charge in [-0.1, -0.05) is 30.7 Å². The van der Waals surface area contributed by atoms with Crippen LogP contribution in [-0.2, 0) is 0 Å². The fourth-order valence-electron chi connectivity index (χ4n) is 3.40. The van der Waals surface area contributed by atoms with Gasteiger partial charge in [0.1, 0.15) is 0 Å². The molecule has 3 atom stereocenters. The summed E-state index contributed by atoms with van der Waals surface area (Å²) >= 11 is 5.96. The van der Waals surface area contributed by atoms with Crippen molar-refractivity contribution in [1.82, 2.24) is 10.2 Å². The molecule has 1 aromatic rings. The molecule has 1 fully saturated rings. The van der Waals surface area contributed by atoms with Crippen LogP contribution in [0, 0.1) is 5.92 Å². The number of likely N-dealkylation sites (tertiary alicyclic amines) is 1. The minimum atomic E-state index is 0.374. The smallest absolute Gasteiger partial charge is 0.0406 e. The lowest BCUT2D eigenvalue weighted by molar-refractivity contribution is 0.147. The third kappa shape index (κ3) is 4.98. The van der Waals surface area contributed by atoms with Crippen molar-refractivity contribution >= 4 is 11.6 Å². The van der Waals surface area contributed by atoms with E-state index in [0.717, 1.165) is 10.9 Å². The van der Waals surface area contributed by atoms with E-state index < -0.39 is 0 Å². The fraction of sp³-hybridized carbons (Fsp3) is 0.667. The standard InChI is InChI=1S/C18H29ClN2/c1-4-11-21-12-5-6-17(13-21)15(3)20-14(2)16-7-9-18(19)10-8-16/h7-10,14-15,17,20H,4-6,11-13H2,1-3H3/t14-,15?,17?/m0/s1. The van der Waals surface area contributed by atoms with Crippen molar-refractivity contribution < 1.29 is 0 Å². The van der Waals surface area contributed by atoms with Gasteiger partial charge in [0.05, 0.1) is 0 Å². The van der Waals surface area contributed by atoms with Crippen LogP contribution in [0.5, 0.6) is 0 Å². The highest BCUT2D eigenvalue weighted by Gasteiger charge is 2.25. The van der Waals surface area contributed by atoms with E-state index in [4.69, 9.17) is 11.6 Å². The van der Waals surface area contributed by atoms with Crippen molar-refractivity contribution in [1.29, 1.82) is 0 Å². The summed E-state index contributed by atoms with van der Waals surface area (Å²) in [5, 5.41) is 4.59. The largest absolute Gasteiger partial charge is 0.307 e. The first-order chi connectivity index (χ1) is 10.1. The van der Waals surface area contributed by atoms with Gasteiger partial charge in [0.25, 0.3) is 0 Å². The molecule has 0 amide bonds. The molecule has 3 heteroatoms. The van der Waals surface area contributed by atoms with Crippen LogP contribution in [0.3, 0.4) is 0 Å². The summed E-state index contributed by atoms with van der Waals surface area (Å²) in [6, 6.07) is 9.12. The van der Waals surface area contributed by atoms with Crippen LogP contribution in [0.25, 0.3) is 0 Å². The normalized spacial score (nSPS) is 23.0. The SMILES string of the molecule is CCCN1CCCC(C(C)N[C@@H](C)c2ccc(Cl)cc2)C1. The average Bonchev–Trinajstić information content (AvgIpc) is 2.48. The molecular weight excluding hydrogens is 280 g/mol. The van der Waals surface area contributed by atoms with Crippen LogP contribution in [-0.4, -0.2) is 30.6 Å². The quantitative estimate of drug-likeness (QED) is 0.832. The van der Waals surface area contributed by atoms with E-state index >= 15 is 0 Å². The van der Waals surface area contributed by atoms with Gasteiger partial charge >= 0.3 is 0 Å². The molecule has 2 unspecified atom stereocenters. The molecule has 0 radical (unpaired) electrons. The zero-order chi connectivity index (χ0) is 15.2. The predicted octanol–water partition coefficient (Wildman–Crippen LogP) is 4.50. The highest BCUT2D eigenvalue weighted by atomic mass is 35.5. The van der Waals surface area contributed by atoms with Gasteiger partial charge < -0.3 is 10.2 Å². The van der Waals surface area contributed by atoms with E-state index in [0.29, 0.717) is 12.1 Å². The Morgan fingerprint density at radius 3 is 2.67 bits per heavy atom. The zero-order valence-corrected chi connectivity index (χ0v) is 14.4. The Kier molecular flexibility index (Phi) is 6.53. The van der Waals surface area contributed by atoms with Gasteiger partial charge in [-0.2, -0.15) is 0 Å². The Bertz CT molecular complexity index is 416. The first-order valence-corrected chi connectivity index (χ1v) is 8.71. The minimum absolute atomic E-state index is 0.374. The summed E-state index contributed by atoms with van der Waals surface area (Å²) in [6.07, 6.45) is 3.95. The summed E-state index contributed by atoms with van der Waals surface area (Å²) in [4.78, 5) is 2.62. The molecular formula is C18H29ClN2. The molecule has 1 aliphatic heterocycles. The van der Waals surface area contributed by atoms with Gasteiger partial charge in [-0.3, -0.25) is 0 Å². The Balaban J connectivity index is 1.88. The molecule has 2 rings (SSSR count). The van der Waals surface area contributed by atoms with E-state index in [1.165, 1.54) is 44.5 Å². The van der Waals surface area contributed by atoms with Gasteiger partial charge in [-0.25, -0.2) is 0 Å². The summed E-state index contributed by atoms with van der Waals surface area (Å²) in [5.41, 5.74) is 1.31. The van der Waals surface area contributed by atoms with Crippen LogP contribution in [0.15, 0.2) is 24.3 Å². The third-order valence-corrected chi connectivity index (χ3v) is 4.92. The Labute approximate surface area is 134 Å². The molecule has 0 bridgehead atoms. The Morgan fingerprint density at radius 1 is 1.29 bits per heavy atom. The second kappa shape index (κ2) is 8.17. The van der Waals surface area contributed by atoms with Crippen molar-refractivity contribution in [3.05, 3.63) is 34.9 Å². The first kappa shape index (κ1) is 16.8. The number of halogens is 1. The van der Waals surface area contributed by atoms with Gasteiger partial charge in [-0.05, 0) is 69.8 Å². The second-order valence-corrected chi connectivity index (χ2v) is 6.87. The minimum Gasteiger partial charge on any atom is -0.307 e. The van der Waals surface area contributed by atoms with E-state index in [9.17, 15) is 0 Å². The van der Waals surface area contributed by atoms with Gasteiger partial charge in [0.2, 0.25) is 0 Å². The molecule has 1 saturated heterocycles. The summed E-state index contributed by atoms with van der Waals surface area (Å²) in [6.45, 7) is 10.6. The maximum Gasteiger partial charge on any atom is 0.0406 e. The van der Waals surface area contributed by atoms with Crippen LogP contribution < -0.4 is 5.32 Å². The monoisotopic (exact) mass is 308 g/mol. The fourth-order valence-corrected chi connectivity index (χ4v) is 3.52. The van der Waals surface area contributed by atoms with E-state index in [1.807, 2.05) is 12.1 Å². The average molecular weight is 309 g/mol. The second-order valence-electron chi connectivity index (χ2n) is 6.43. The molecule has 21 heavy (non-hydrogen) atoms. The number of rotatable bonds is 6. The number of hydrogen-bond acceptors (Lipinski definition) is 2. The molecule has 1 aromatic carbocycles. The zero-order valence-electron chi connectivity index (χ0n) is 13.6. The molecule has 1 aliphatic rings. The number of benzene rings is 1. The summed E-state index contributed by atoms with van der Waals surface area (Å²) in [7, 11) is 0. The van der Waals surface area contributed by atoms with Crippen molar-refractivity contribution in [3.8, 4) is 0 Å². The third-order valence-electron chi connectivity index (χ3n) is 4.67. The van der Waals surface area contributed by atoms with Crippen LogP contribution in [0.4, 0.5) is 0 Å². The maximum absolute atomic E-state index is 5.96. The van der Waals surface area contributed by atoms with Crippen LogP contribution >= 0.6 is 11.6 Å². The van der Waals surface area contributed by atoms with Crippen LogP contribution in [0.2, 0.25) is 5.02 Å². The van der Waals surface area contributed by atoms with Crippen molar-refractivity contribution in [2.45, 2.75) is 52.1 Å². The summed E-state index contributed by atoms with van der Waals surface area (Å²) in [5.74, 6) is 0.764. The number of nitrogens with one attached hydrogen (secondary N) is 1. The molecule has 1 heterocycles. The Morgan fingerprint density at radius 2 is 2.00 bits per heavy atom. The molecule has 0 spiro atoms. The van der Waals surface area contributed by atoms with Crippen molar-refractivity contribution in [3.63, 3.8) is 0 Å². The van der Waals surface area contributed by atoms with Crippen molar-refractivity contribution in [2.75, 3.05) is 19.6 Å². The molecule has 0 aliphatic carbocycles. The van der Waals surface area contributed by atoms with Crippen molar-refractivity contribution in [2.24, 2.45) is 5.92 Å². The van der Waals surface area contributed by atoms with E-state index in [2.05, 4.69) is 43.1 Å². The number of nitrogens with zero attached hydrogens (tertiary/aromatic N) is 1. The lowest BCUT2D eigenvalue weighted by Gasteiger charge is -2.37. The Hall–Kier alpha value is -0.570. The molecule has 1 N–H and O–H groups in total. The van der Waals surface area contributed by atoms with Crippen LogP contribution in [0.1, 0.15) is 51.6 Å². The first-order valence-electron chi connectivity index (χ1n) is 8.34. The highest BCUT2D eigenvalue weighted by molar-refractivity contribution is 6.30. The topological polar surface area (TPSA) is 15.3 Å². The lowest BCUT2D eigenvalue weighted by atomic mass is 9.90. The summed E-state index contributed by atoms with van der Waals surface area (Å²) < 4.78 is 0. The number of piperidine rings is 1. The molecule has 0 saturated carbocycles. The van der Waals surface area contributed by atoms with E-state index in [-0.39, 0.29) is 0 Å². The van der Waals surface area contributed by atoms with Gasteiger partial charge in [0.15, 0.2) is 0 Å². The highest BCUT2D eigenvalue weighted by Crippen LogP contribution is 2.23. The molecule has 118 valence electrons. The number of hydrogen-bond donors (Lipinski definition) is 1. The molecule has 2 nitrogen and oxygen atoms in total. The maximum atomic E-state index is 5.96. The van der Waals surface area contributed by atoms with Gasteiger partial charge in [0, 0.05) is 23.7 Å².